The molecule has 3 rings (SSSR count). The molecule has 5 nitrogen and oxygen atoms in total. The highest BCUT2D eigenvalue weighted by atomic mass is 16.5. The molecule has 0 spiro atoms. The first-order valence-corrected chi connectivity index (χ1v) is 9.17. The van der Waals surface area contributed by atoms with Crippen LogP contribution in [0.2, 0.25) is 0 Å². The van der Waals surface area contributed by atoms with E-state index < -0.39 is 6.09 Å². The van der Waals surface area contributed by atoms with Gasteiger partial charge < -0.3 is 20.9 Å². The number of nitrogens with two attached hydrogens (primary N) is 1. The third kappa shape index (κ3) is 4.06. The molecule has 0 saturated heterocycles. The maximum absolute atomic E-state index is 12.2. The van der Waals surface area contributed by atoms with Gasteiger partial charge in [0.05, 0.1) is 12.6 Å². The summed E-state index contributed by atoms with van der Waals surface area (Å²) in [5.41, 5.74) is 10.2. The Morgan fingerprint density at radius 1 is 1.08 bits per heavy atom. The number of hydrogen-bond donors (Lipinski definition) is 3. The smallest absolute Gasteiger partial charge is 0.407 e. The lowest BCUT2D eigenvalue weighted by Gasteiger charge is -2.18. The molecule has 1 aliphatic carbocycles. The number of fused-ring (bicyclic) bond motifs is 3. The van der Waals surface area contributed by atoms with E-state index in [0.717, 1.165) is 12.8 Å². The van der Waals surface area contributed by atoms with E-state index in [4.69, 9.17) is 10.5 Å². The van der Waals surface area contributed by atoms with E-state index in [0.29, 0.717) is 13.0 Å². The predicted molar refractivity (Wildman–Crippen MR) is 102 cm³/mol. The normalized spacial score (nSPS) is 13.8. The number of aliphatic hydroxyl groups excluding tert-OH is 1. The van der Waals surface area contributed by atoms with Crippen LogP contribution < -0.4 is 11.1 Å². The first-order valence-electron chi connectivity index (χ1n) is 9.17. The third-order valence-electron chi connectivity index (χ3n) is 4.89. The highest BCUT2D eigenvalue weighted by Gasteiger charge is 2.29. The average molecular weight is 354 g/mol. The van der Waals surface area contributed by atoms with Gasteiger partial charge in [0.1, 0.15) is 6.61 Å². The van der Waals surface area contributed by atoms with Gasteiger partial charge in [0.2, 0.25) is 0 Å². The van der Waals surface area contributed by atoms with Gasteiger partial charge in [-0.15, -0.1) is 0 Å². The minimum Gasteiger partial charge on any atom is -0.449 e. The lowest BCUT2D eigenvalue weighted by Crippen LogP contribution is -2.38. The summed E-state index contributed by atoms with van der Waals surface area (Å²) in [7, 11) is 0. The van der Waals surface area contributed by atoms with Crippen LogP contribution in [0.25, 0.3) is 11.1 Å². The van der Waals surface area contributed by atoms with Gasteiger partial charge in [-0.25, -0.2) is 4.79 Å². The number of nitrogens with one attached hydrogen (secondary N) is 1. The van der Waals surface area contributed by atoms with Crippen molar-refractivity contribution in [1.82, 2.24) is 5.32 Å². The summed E-state index contributed by atoms with van der Waals surface area (Å²) < 4.78 is 5.49. The van der Waals surface area contributed by atoms with Crippen LogP contribution in [-0.4, -0.2) is 37.0 Å². The zero-order valence-corrected chi connectivity index (χ0v) is 14.9. The molecule has 2 aromatic carbocycles. The lowest BCUT2D eigenvalue weighted by molar-refractivity contribution is 0.131. The number of alkyl carbamates (subject to hydrolysis) is 1. The largest absolute Gasteiger partial charge is 0.449 e. The molecule has 0 aliphatic heterocycles. The number of hydrogen-bond acceptors (Lipinski definition) is 4. The molecule has 1 aliphatic rings. The van der Waals surface area contributed by atoms with Crippen LogP contribution in [0.3, 0.4) is 0 Å². The summed E-state index contributed by atoms with van der Waals surface area (Å²) in [6, 6.07) is 16.2. The van der Waals surface area contributed by atoms with E-state index in [1.165, 1.54) is 22.3 Å². The van der Waals surface area contributed by atoms with Crippen LogP contribution in [0.1, 0.15) is 36.3 Å². The van der Waals surface area contributed by atoms with Crippen LogP contribution in [0.4, 0.5) is 4.79 Å². The van der Waals surface area contributed by atoms with E-state index in [9.17, 15) is 9.90 Å². The highest BCUT2D eigenvalue weighted by Crippen LogP contribution is 2.44. The summed E-state index contributed by atoms with van der Waals surface area (Å²) in [5, 5.41) is 12.2. The number of carbonyl (C=O) groups excluding carboxylic acids is 1. The minimum absolute atomic E-state index is 0.0398. The molecule has 5 heteroatoms. The minimum atomic E-state index is -0.487. The first kappa shape index (κ1) is 18.4. The second-order valence-electron chi connectivity index (χ2n) is 6.63. The monoisotopic (exact) mass is 354 g/mol. The quantitative estimate of drug-likeness (QED) is 0.636. The molecule has 1 unspecified atom stereocenters. The van der Waals surface area contributed by atoms with Crippen LogP contribution in [0.15, 0.2) is 48.5 Å². The van der Waals surface area contributed by atoms with Crippen molar-refractivity contribution in [3.63, 3.8) is 0 Å². The van der Waals surface area contributed by atoms with Crippen LogP contribution in [0.5, 0.6) is 0 Å². The van der Waals surface area contributed by atoms with Gasteiger partial charge in [0.15, 0.2) is 0 Å². The number of benzene rings is 2. The highest BCUT2D eigenvalue weighted by molar-refractivity contribution is 5.79. The number of unbranched alkanes of at least 4 members (excludes halogenated alkanes) is 1. The van der Waals surface area contributed by atoms with E-state index in [2.05, 4.69) is 29.6 Å². The Morgan fingerprint density at radius 2 is 1.69 bits per heavy atom. The molecule has 0 bridgehead atoms. The second-order valence-corrected chi connectivity index (χ2v) is 6.63. The number of carbonyl (C=O) groups is 1. The Morgan fingerprint density at radius 3 is 2.27 bits per heavy atom. The Kier molecular flexibility index (Phi) is 6.26. The van der Waals surface area contributed by atoms with Crippen molar-refractivity contribution in [2.75, 3.05) is 19.8 Å². The Hall–Kier alpha value is -2.37. The third-order valence-corrected chi connectivity index (χ3v) is 4.89. The molecule has 26 heavy (non-hydrogen) atoms. The topological polar surface area (TPSA) is 84.6 Å². The van der Waals surface area contributed by atoms with Gasteiger partial charge >= 0.3 is 6.09 Å². The van der Waals surface area contributed by atoms with Crippen molar-refractivity contribution in [2.45, 2.75) is 31.2 Å². The van der Waals surface area contributed by atoms with Gasteiger partial charge in [0.25, 0.3) is 0 Å². The van der Waals surface area contributed by atoms with Crippen molar-refractivity contribution in [2.24, 2.45) is 5.73 Å². The van der Waals surface area contributed by atoms with Crippen molar-refractivity contribution >= 4 is 6.09 Å². The van der Waals surface area contributed by atoms with E-state index >= 15 is 0 Å². The number of amides is 1. The summed E-state index contributed by atoms with van der Waals surface area (Å²) >= 11 is 0. The lowest BCUT2D eigenvalue weighted by atomic mass is 9.98. The number of rotatable bonds is 8. The van der Waals surface area contributed by atoms with E-state index in [-0.39, 0.29) is 25.2 Å². The van der Waals surface area contributed by atoms with E-state index in [1.54, 1.807) is 0 Å². The molecular formula is C21H26N2O3. The number of ether oxygens (including phenoxy) is 1. The molecule has 1 amide bonds. The standard InChI is InChI=1S/C21H26N2O3/c22-12-6-5-7-15(13-24)23-21(25)26-14-20-18-10-3-1-8-16(18)17-9-2-4-11-19(17)20/h1-4,8-11,15,20,24H,5-7,12-14,22H2,(H,23,25). The molecular weight excluding hydrogens is 328 g/mol. The predicted octanol–water partition coefficient (Wildman–Crippen LogP) is 3.02. The van der Waals surface area contributed by atoms with Crippen LogP contribution >= 0.6 is 0 Å². The van der Waals surface area contributed by atoms with Crippen molar-refractivity contribution < 1.29 is 14.6 Å². The molecule has 0 heterocycles. The molecule has 138 valence electrons. The van der Waals surface area contributed by atoms with Gasteiger partial charge in [-0.2, -0.15) is 0 Å². The summed E-state index contributed by atoms with van der Waals surface area (Å²) in [6.07, 6.45) is 1.95. The summed E-state index contributed by atoms with van der Waals surface area (Å²) in [6.45, 7) is 0.790. The zero-order chi connectivity index (χ0) is 18.4. The fourth-order valence-electron chi connectivity index (χ4n) is 3.55. The van der Waals surface area contributed by atoms with Gasteiger partial charge in [0, 0.05) is 5.92 Å². The molecule has 0 radical (unpaired) electrons. The SMILES string of the molecule is NCCCCC(CO)NC(=O)OCC1c2ccccc2-c2ccccc21. The Labute approximate surface area is 154 Å². The molecule has 4 N–H and O–H groups in total. The molecule has 0 saturated carbocycles. The molecule has 1 atom stereocenters. The van der Waals surface area contributed by atoms with Gasteiger partial charge in [-0.05, 0) is 41.6 Å². The van der Waals surface area contributed by atoms with E-state index in [1.807, 2.05) is 24.3 Å². The zero-order valence-electron chi connectivity index (χ0n) is 14.9. The van der Waals surface area contributed by atoms with Gasteiger partial charge in [-0.3, -0.25) is 0 Å². The maximum Gasteiger partial charge on any atom is 0.407 e. The molecule has 2 aromatic rings. The number of aliphatic hydroxyl groups is 1. The fourth-order valence-corrected chi connectivity index (χ4v) is 3.55. The maximum atomic E-state index is 12.2. The Balaban J connectivity index is 1.62. The second kappa shape index (κ2) is 8.83. The summed E-state index contributed by atoms with van der Waals surface area (Å²) in [4.78, 5) is 12.2. The van der Waals surface area contributed by atoms with Crippen molar-refractivity contribution in [3.8, 4) is 11.1 Å². The van der Waals surface area contributed by atoms with Crippen LogP contribution in [0, 0.1) is 0 Å². The fraction of sp³-hybridized carbons (Fsp3) is 0.381. The van der Waals surface area contributed by atoms with Crippen molar-refractivity contribution in [1.29, 1.82) is 0 Å². The van der Waals surface area contributed by atoms with Crippen molar-refractivity contribution in [3.05, 3.63) is 59.7 Å². The molecule has 0 aromatic heterocycles. The molecule has 0 fully saturated rings. The first-order chi connectivity index (χ1) is 12.7. The summed E-state index contributed by atoms with van der Waals surface area (Å²) in [5.74, 6) is 0.0398. The van der Waals surface area contributed by atoms with Gasteiger partial charge in [-0.1, -0.05) is 55.0 Å². The van der Waals surface area contributed by atoms with Crippen LogP contribution in [-0.2, 0) is 4.74 Å². The average Bonchev–Trinajstić information content (AvgIpc) is 2.99. The Bertz CT molecular complexity index is 702.